The molecular weight excluding hydrogens is 235 g/mol. The van der Waals surface area contributed by atoms with Gasteiger partial charge in [-0.05, 0) is 18.6 Å². The van der Waals surface area contributed by atoms with Gasteiger partial charge in [0.25, 0.3) is 5.09 Å². The van der Waals surface area contributed by atoms with Crippen molar-refractivity contribution in [2.24, 2.45) is 0 Å². The zero-order valence-corrected chi connectivity index (χ0v) is 9.03. The Morgan fingerprint density at radius 3 is 2.50 bits per heavy atom. The van der Waals surface area contributed by atoms with Crippen molar-refractivity contribution in [3.63, 3.8) is 0 Å². The summed E-state index contributed by atoms with van der Waals surface area (Å²) in [6, 6.07) is 1.30. The summed E-state index contributed by atoms with van der Waals surface area (Å²) in [5.74, 6) is 0.107. The van der Waals surface area contributed by atoms with Gasteiger partial charge in [-0.2, -0.15) is 8.42 Å². The van der Waals surface area contributed by atoms with Crippen LogP contribution in [-0.4, -0.2) is 18.4 Å². The first-order chi connectivity index (χ1) is 7.48. The lowest BCUT2D eigenvalue weighted by Gasteiger charge is -1.97. The quantitative estimate of drug-likeness (QED) is 0.749. The molecule has 2 rings (SSSR count). The van der Waals surface area contributed by atoms with Crippen LogP contribution in [0.1, 0.15) is 5.56 Å². The smallest absolute Gasteiger partial charge is 0.366 e. The molecule has 2 aromatic rings. The zero-order chi connectivity index (χ0) is 11.8. The highest BCUT2D eigenvalue weighted by Gasteiger charge is 2.23. The van der Waals surface area contributed by atoms with E-state index in [-0.39, 0.29) is 11.4 Å². The standard InChI is InChI=1S/C9H7FN2O3S/c1-6-4-11-8(12-5-6)7-2-3-15-9(7)16(10,13)14/h2-5H,1H3. The summed E-state index contributed by atoms with van der Waals surface area (Å²) in [5, 5.41) is -0.767. The fourth-order valence-corrected chi connectivity index (χ4v) is 1.77. The number of furan rings is 1. The van der Waals surface area contributed by atoms with Crippen LogP contribution >= 0.6 is 0 Å². The normalized spacial score (nSPS) is 11.6. The summed E-state index contributed by atoms with van der Waals surface area (Å²) in [4.78, 5) is 7.79. The summed E-state index contributed by atoms with van der Waals surface area (Å²) in [5.41, 5.74) is 0.833. The molecule has 0 saturated carbocycles. The maximum atomic E-state index is 12.8. The van der Waals surface area contributed by atoms with Crippen LogP contribution in [0.15, 0.2) is 34.2 Å². The van der Waals surface area contributed by atoms with Crippen LogP contribution in [0, 0.1) is 6.92 Å². The molecule has 16 heavy (non-hydrogen) atoms. The number of nitrogens with zero attached hydrogens (tertiary/aromatic N) is 2. The van der Waals surface area contributed by atoms with Gasteiger partial charge in [0, 0.05) is 12.4 Å². The number of aryl methyl sites for hydroxylation is 1. The summed E-state index contributed by atoms with van der Waals surface area (Å²) >= 11 is 0. The van der Waals surface area contributed by atoms with Crippen LogP contribution in [-0.2, 0) is 10.2 Å². The number of aromatic nitrogens is 2. The number of rotatable bonds is 2. The molecule has 5 nitrogen and oxygen atoms in total. The molecule has 0 radical (unpaired) electrons. The molecule has 0 saturated heterocycles. The Labute approximate surface area is 91.2 Å². The molecular formula is C9H7FN2O3S. The Hall–Kier alpha value is -1.76. The van der Waals surface area contributed by atoms with Gasteiger partial charge in [0.2, 0.25) is 0 Å². The molecule has 0 aromatic carbocycles. The maximum absolute atomic E-state index is 12.8. The van der Waals surface area contributed by atoms with Crippen molar-refractivity contribution in [1.29, 1.82) is 0 Å². The molecule has 0 bridgehead atoms. The first-order valence-corrected chi connectivity index (χ1v) is 5.68. The second-order valence-electron chi connectivity index (χ2n) is 3.14. The Morgan fingerprint density at radius 1 is 1.31 bits per heavy atom. The fourth-order valence-electron chi connectivity index (χ4n) is 1.18. The minimum Gasteiger partial charge on any atom is -0.450 e. The van der Waals surface area contributed by atoms with Gasteiger partial charge in [0.15, 0.2) is 5.82 Å². The summed E-state index contributed by atoms with van der Waals surface area (Å²) in [6.45, 7) is 1.78. The fraction of sp³-hybridized carbons (Fsp3) is 0.111. The van der Waals surface area contributed by atoms with Gasteiger partial charge in [-0.1, -0.05) is 3.89 Å². The lowest BCUT2D eigenvalue weighted by molar-refractivity contribution is 0.436. The third kappa shape index (κ3) is 1.94. The Kier molecular flexibility index (Phi) is 2.47. The largest absolute Gasteiger partial charge is 0.450 e. The van der Waals surface area contributed by atoms with E-state index in [0.29, 0.717) is 0 Å². The molecule has 0 aliphatic carbocycles. The second-order valence-corrected chi connectivity index (χ2v) is 4.39. The highest BCUT2D eigenvalue weighted by atomic mass is 32.3. The average Bonchev–Trinajstić information content (AvgIpc) is 2.66. The van der Waals surface area contributed by atoms with E-state index in [9.17, 15) is 12.3 Å². The first-order valence-electron chi connectivity index (χ1n) is 4.29. The summed E-state index contributed by atoms with van der Waals surface area (Å²) in [7, 11) is -4.90. The van der Waals surface area contributed by atoms with Crippen molar-refractivity contribution in [3.8, 4) is 11.4 Å². The van der Waals surface area contributed by atoms with Gasteiger partial charge < -0.3 is 4.42 Å². The maximum Gasteiger partial charge on any atom is 0.366 e. The Morgan fingerprint density at radius 2 is 1.94 bits per heavy atom. The van der Waals surface area contributed by atoms with Gasteiger partial charge in [-0.15, -0.1) is 0 Å². The SMILES string of the molecule is Cc1cnc(-c2ccoc2S(=O)(=O)F)nc1. The van der Waals surface area contributed by atoms with Crippen molar-refractivity contribution in [3.05, 3.63) is 30.3 Å². The van der Waals surface area contributed by atoms with Gasteiger partial charge in [-0.25, -0.2) is 9.97 Å². The van der Waals surface area contributed by atoms with Gasteiger partial charge in [0.1, 0.15) is 0 Å². The molecule has 2 heterocycles. The molecule has 0 amide bonds. The lowest BCUT2D eigenvalue weighted by Crippen LogP contribution is -1.95. The third-order valence-electron chi connectivity index (χ3n) is 1.87. The van der Waals surface area contributed by atoms with Crippen LogP contribution in [0.3, 0.4) is 0 Å². The highest BCUT2D eigenvalue weighted by Crippen LogP contribution is 2.26. The van der Waals surface area contributed by atoms with E-state index < -0.39 is 15.3 Å². The predicted molar refractivity (Wildman–Crippen MR) is 52.8 cm³/mol. The second kappa shape index (κ2) is 3.67. The third-order valence-corrected chi connectivity index (χ3v) is 2.63. The molecule has 7 heteroatoms. The van der Waals surface area contributed by atoms with E-state index in [1.54, 1.807) is 6.92 Å². The molecule has 0 unspecified atom stereocenters. The van der Waals surface area contributed by atoms with Crippen LogP contribution < -0.4 is 0 Å². The highest BCUT2D eigenvalue weighted by molar-refractivity contribution is 7.86. The Bertz CT molecular complexity index is 604. The number of hydrogen-bond donors (Lipinski definition) is 0. The topological polar surface area (TPSA) is 73.1 Å². The van der Waals surface area contributed by atoms with Crippen molar-refractivity contribution < 1.29 is 16.7 Å². The van der Waals surface area contributed by atoms with Crippen molar-refractivity contribution >= 4 is 10.2 Å². The van der Waals surface area contributed by atoms with Crippen LogP contribution in [0.25, 0.3) is 11.4 Å². The van der Waals surface area contributed by atoms with Gasteiger partial charge in [-0.3, -0.25) is 0 Å². The van der Waals surface area contributed by atoms with Crippen LogP contribution in [0.4, 0.5) is 3.89 Å². The van der Waals surface area contributed by atoms with Gasteiger partial charge >= 0.3 is 10.2 Å². The van der Waals surface area contributed by atoms with E-state index in [1.807, 2.05) is 0 Å². The molecule has 0 spiro atoms. The predicted octanol–water partition coefficient (Wildman–Crippen LogP) is 1.70. The monoisotopic (exact) mass is 242 g/mol. The van der Waals surface area contributed by atoms with Crippen molar-refractivity contribution in [1.82, 2.24) is 9.97 Å². The van der Waals surface area contributed by atoms with Crippen molar-refractivity contribution in [2.75, 3.05) is 0 Å². The minimum absolute atomic E-state index is 0.0162. The van der Waals surface area contributed by atoms with Crippen LogP contribution in [0.5, 0.6) is 0 Å². The minimum atomic E-state index is -4.90. The summed E-state index contributed by atoms with van der Waals surface area (Å²) < 4.78 is 38.9. The van der Waals surface area contributed by atoms with E-state index in [2.05, 4.69) is 14.4 Å². The zero-order valence-electron chi connectivity index (χ0n) is 8.21. The lowest BCUT2D eigenvalue weighted by atomic mass is 10.3. The van der Waals surface area contributed by atoms with E-state index in [1.165, 1.54) is 18.5 Å². The molecule has 0 N–H and O–H groups in total. The molecule has 0 atom stereocenters. The molecule has 84 valence electrons. The average molecular weight is 242 g/mol. The number of hydrogen-bond acceptors (Lipinski definition) is 5. The van der Waals surface area contributed by atoms with E-state index in [4.69, 9.17) is 0 Å². The molecule has 2 aromatic heterocycles. The molecule has 0 fully saturated rings. The van der Waals surface area contributed by atoms with Crippen LogP contribution in [0.2, 0.25) is 0 Å². The van der Waals surface area contributed by atoms with Crippen molar-refractivity contribution in [2.45, 2.75) is 12.0 Å². The molecule has 0 aliphatic heterocycles. The van der Waals surface area contributed by atoms with E-state index >= 15 is 0 Å². The summed E-state index contributed by atoms with van der Waals surface area (Å²) in [6.07, 6.45) is 4.08. The molecule has 0 aliphatic rings. The number of halogens is 1. The Balaban J connectivity index is 2.58. The first kappa shape index (κ1) is 10.7. The van der Waals surface area contributed by atoms with Gasteiger partial charge in [0.05, 0.1) is 11.8 Å². The van der Waals surface area contributed by atoms with E-state index in [0.717, 1.165) is 11.8 Å².